The van der Waals surface area contributed by atoms with Gasteiger partial charge in [0.05, 0.1) is 0 Å². The molecule has 142 valence electrons. The minimum atomic E-state index is 0. The molecule has 0 bridgehead atoms. The molecule has 0 heterocycles. The Hall–Kier alpha value is -0.860. The van der Waals surface area contributed by atoms with E-state index in [0.29, 0.717) is 0 Å². The highest BCUT2D eigenvalue weighted by molar-refractivity contribution is 14.0. The van der Waals surface area contributed by atoms with Crippen LogP contribution in [-0.4, -0.2) is 51.8 Å². The summed E-state index contributed by atoms with van der Waals surface area (Å²) in [6.07, 6.45) is 3.71. The predicted octanol–water partition coefficient (Wildman–Crippen LogP) is 2.85. The van der Waals surface area contributed by atoms with Gasteiger partial charge in [0.15, 0.2) is 5.96 Å². The maximum atomic E-state index is 5.65. The van der Waals surface area contributed by atoms with Crippen molar-refractivity contribution in [3.8, 4) is 0 Å². The second-order valence-corrected chi connectivity index (χ2v) is 6.73. The van der Waals surface area contributed by atoms with Crippen LogP contribution in [0.2, 0.25) is 0 Å². The van der Waals surface area contributed by atoms with E-state index in [0.717, 1.165) is 51.1 Å². The van der Waals surface area contributed by atoms with Crippen LogP contribution in [0.15, 0.2) is 29.3 Å². The van der Waals surface area contributed by atoms with Gasteiger partial charge in [0.2, 0.25) is 0 Å². The van der Waals surface area contributed by atoms with Crippen LogP contribution < -0.4 is 10.6 Å². The van der Waals surface area contributed by atoms with Crippen LogP contribution in [0.1, 0.15) is 30.4 Å². The summed E-state index contributed by atoms with van der Waals surface area (Å²) in [6, 6.07) is 8.54. The van der Waals surface area contributed by atoms with Crippen LogP contribution in [0.3, 0.4) is 0 Å². The number of hydrogen-bond donors (Lipinski definition) is 2. The highest BCUT2D eigenvalue weighted by Gasteiger charge is 2.20. The van der Waals surface area contributed by atoms with Gasteiger partial charge in [-0.2, -0.15) is 0 Å². The summed E-state index contributed by atoms with van der Waals surface area (Å²) in [7, 11) is 6.00. The Labute approximate surface area is 169 Å². The Morgan fingerprint density at radius 3 is 2.56 bits per heavy atom. The zero-order valence-corrected chi connectivity index (χ0v) is 18.1. The van der Waals surface area contributed by atoms with Crippen molar-refractivity contribution in [2.45, 2.75) is 32.4 Å². The van der Waals surface area contributed by atoms with Crippen molar-refractivity contribution in [3.63, 3.8) is 0 Å². The number of guanidine groups is 1. The van der Waals surface area contributed by atoms with Gasteiger partial charge < -0.3 is 20.3 Å². The molecule has 5 nitrogen and oxygen atoms in total. The Bertz CT molecular complexity index is 518. The smallest absolute Gasteiger partial charge is 0.191 e. The number of nitrogens with one attached hydrogen (secondary N) is 2. The van der Waals surface area contributed by atoms with Crippen molar-refractivity contribution in [1.29, 1.82) is 0 Å². The molecule has 1 aromatic rings. The van der Waals surface area contributed by atoms with E-state index in [1.165, 1.54) is 24.0 Å². The van der Waals surface area contributed by atoms with Crippen LogP contribution >= 0.6 is 24.0 Å². The van der Waals surface area contributed by atoms with Gasteiger partial charge in [-0.1, -0.05) is 24.3 Å². The Morgan fingerprint density at radius 1 is 1.20 bits per heavy atom. The van der Waals surface area contributed by atoms with Crippen LogP contribution in [0.5, 0.6) is 0 Å². The van der Waals surface area contributed by atoms with E-state index in [9.17, 15) is 0 Å². The molecule has 1 saturated carbocycles. The number of benzene rings is 1. The molecule has 2 rings (SSSR count). The third-order valence-electron chi connectivity index (χ3n) is 4.08. The molecule has 1 fully saturated rings. The Morgan fingerprint density at radius 2 is 1.92 bits per heavy atom. The molecular formula is C19H33IN4O. The van der Waals surface area contributed by atoms with E-state index in [-0.39, 0.29) is 24.0 Å². The summed E-state index contributed by atoms with van der Waals surface area (Å²) < 4.78 is 5.65. The lowest BCUT2D eigenvalue weighted by molar-refractivity contribution is 0.123. The first-order valence-corrected chi connectivity index (χ1v) is 8.93. The lowest BCUT2D eigenvalue weighted by Gasteiger charge is -2.16. The molecule has 0 aliphatic heterocycles. The Balaban J connectivity index is 0.00000312. The molecule has 0 spiro atoms. The van der Waals surface area contributed by atoms with Crippen molar-refractivity contribution < 1.29 is 4.74 Å². The molecule has 0 amide bonds. The van der Waals surface area contributed by atoms with E-state index >= 15 is 0 Å². The fraction of sp³-hybridized carbons (Fsp3) is 0.632. The van der Waals surface area contributed by atoms with Crippen LogP contribution in [0.4, 0.5) is 0 Å². The maximum Gasteiger partial charge on any atom is 0.191 e. The Kier molecular flexibility index (Phi) is 11.1. The third kappa shape index (κ3) is 9.42. The molecule has 2 N–H and O–H groups in total. The number of aliphatic imine (C=N–C) groups is 1. The van der Waals surface area contributed by atoms with E-state index in [2.05, 4.69) is 58.9 Å². The van der Waals surface area contributed by atoms with E-state index < -0.39 is 0 Å². The van der Waals surface area contributed by atoms with Gasteiger partial charge in [-0.25, -0.2) is 0 Å². The first-order valence-electron chi connectivity index (χ1n) is 8.93. The monoisotopic (exact) mass is 460 g/mol. The molecule has 0 atom stereocenters. The normalized spacial score (nSPS) is 14.3. The van der Waals surface area contributed by atoms with Gasteiger partial charge in [0.25, 0.3) is 0 Å². The van der Waals surface area contributed by atoms with Gasteiger partial charge in [0.1, 0.15) is 0 Å². The maximum absolute atomic E-state index is 5.65. The van der Waals surface area contributed by atoms with Gasteiger partial charge in [-0.15, -0.1) is 24.0 Å². The van der Waals surface area contributed by atoms with Crippen LogP contribution in [-0.2, 0) is 17.8 Å². The fourth-order valence-electron chi connectivity index (χ4n) is 2.54. The average molecular weight is 460 g/mol. The zero-order valence-electron chi connectivity index (χ0n) is 15.8. The number of hydrogen-bond acceptors (Lipinski definition) is 3. The second-order valence-electron chi connectivity index (χ2n) is 6.73. The van der Waals surface area contributed by atoms with Gasteiger partial charge in [-0.05, 0) is 50.4 Å². The standard InChI is InChI=1S/C19H32N4O.HI/c1-20-19(21-11-6-12-24-15-16-9-10-16)22-13-17-7-4-5-8-18(17)14-23(2)3;/h4-5,7-8,16H,6,9-15H2,1-3H3,(H2,20,21,22);1H. The topological polar surface area (TPSA) is 48.9 Å². The van der Waals surface area contributed by atoms with E-state index in [1.807, 2.05) is 7.05 Å². The summed E-state index contributed by atoms with van der Waals surface area (Å²) in [5.41, 5.74) is 2.65. The minimum Gasteiger partial charge on any atom is -0.381 e. The summed E-state index contributed by atoms with van der Waals surface area (Å²) in [5.74, 6) is 1.69. The van der Waals surface area contributed by atoms with Gasteiger partial charge in [0, 0.05) is 39.9 Å². The summed E-state index contributed by atoms with van der Waals surface area (Å²) in [6.45, 7) is 4.37. The first-order chi connectivity index (χ1) is 11.7. The SMILES string of the molecule is CN=C(NCCCOCC1CC1)NCc1ccccc1CN(C)C.I. The predicted molar refractivity (Wildman–Crippen MR) is 116 cm³/mol. The fourth-order valence-corrected chi connectivity index (χ4v) is 2.54. The molecule has 6 heteroatoms. The number of ether oxygens (including phenoxy) is 1. The molecule has 0 saturated heterocycles. The quantitative estimate of drug-likeness (QED) is 0.244. The van der Waals surface area contributed by atoms with Gasteiger partial charge >= 0.3 is 0 Å². The van der Waals surface area contributed by atoms with E-state index in [1.54, 1.807) is 0 Å². The number of rotatable bonds is 10. The summed E-state index contributed by atoms with van der Waals surface area (Å²) in [4.78, 5) is 6.48. The minimum absolute atomic E-state index is 0. The molecule has 0 radical (unpaired) electrons. The number of nitrogens with zero attached hydrogens (tertiary/aromatic N) is 2. The third-order valence-corrected chi connectivity index (χ3v) is 4.08. The van der Waals surface area contributed by atoms with E-state index in [4.69, 9.17) is 4.74 Å². The summed E-state index contributed by atoms with van der Waals surface area (Å²) >= 11 is 0. The van der Waals surface area contributed by atoms with Crippen molar-refractivity contribution in [2.24, 2.45) is 10.9 Å². The van der Waals surface area contributed by atoms with Crippen molar-refractivity contribution in [3.05, 3.63) is 35.4 Å². The zero-order chi connectivity index (χ0) is 17.2. The lowest BCUT2D eigenvalue weighted by atomic mass is 10.1. The molecule has 1 aliphatic rings. The van der Waals surface area contributed by atoms with Crippen molar-refractivity contribution >= 4 is 29.9 Å². The molecule has 1 aromatic carbocycles. The highest BCUT2D eigenvalue weighted by atomic mass is 127. The molecule has 0 aromatic heterocycles. The summed E-state index contributed by atoms with van der Waals surface area (Å²) in [5, 5.41) is 6.75. The van der Waals surface area contributed by atoms with Crippen molar-refractivity contribution in [1.82, 2.24) is 15.5 Å². The van der Waals surface area contributed by atoms with Crippen molar-refractivity contribution in [2.75, 3.05) is 40.9 Å². The van der Waals surface area contributed by atoms with Crippen LogP contribution in [0.25, 0.3) is 0 Å². The molecular weight excluding hydrogens is 427 g/mol. The largest absolute Gasteiger partial charge is 0.381 e. The van der Waals surface area contributed by atoms with Gasteiger partial charge in [-0.3, -0.25) is 4.99 Å². The average Bonchev–Trinajstić information content (AvgIpc) is 3.38. The first kappa shape index (κ1) is 22.2. The molecule has 25 heavy (non-hydrogen) atoms. The lowest BCUT2D eigenvalue weighted by Crippen LogP contribution is -2.37. The molecule has 0 unspecified atom stereocenters. The second kappa shape index (κ2) is 12.5. The number of halogens is 1. The molecule has 1 aliphatic carbocycles. The van der Waals surface area contributed by atoms with Crippen LogP contribution in [0, 0.1) is 5.92 Å². The highest BCUT2D eigenvalue weighted by Crippen LogP contribution is 2.28.